The minimum absolute atomic E-state index is 0.0660. The fourth-order valence-electron chi connectivity index (χ4n) is 3.03. The predicted octanol–water partition coefficient (Wildman–Crippen LogP) is 2.27. The maximum atomic E-state index is 11.4. The zero-order chi connectivity index (χ0) is 28.5. The molecule has 208 valence electrons. The average molecular weight is 519 g/mol. The maximum absolute atomic E-state index is 11.4. The number of aromatic nitrogens is 2. The monoisotopic (exact) mass is 518 g/mol. The number of imidazole rings is 1. The summed E-state index contributed by atoms with van der Waals surface area (Å²) in [5.41, 5.74) is 2.04. The Balaban J connectivity index is 0.000000548. The molecule has 0 unspecified atom stereocenters. The molecule has 1 N–H and O–H groups in total. The van der Waals surface area contributed by atoms with Gasteiger partial charge < -0.3 is 24.4 Å². The van der Waals surface area contributed by atoms with Gasteiger partial charge in [0, 0.05) is 49.7 Å². The van der Waals surface area contributed by atoms with Crippen LogP contribution in [0, 0.1) is 0 Å². The molecule has 1 fully saturated rings. The van der Waals surface area contributed by atoms with Crippen molar-refractivity contribution in [2.75, 3.05) is 61.0 Å². The normalized spacial score (nSPS) is 12.9. The minimum Gasteiger partial charge on any atom is -0.456 e. The Morgan fingerprint density at radius 2 is 1.68 bits per heavy atom. The summed E-state index contributed by atoms with van der Waals surface area (Å²) >= 11 is 0. The van der Waals surface area contributed by atoms with Crippen molar-refractivity contribution in [1.82, 2.24) is 29.6 Å². The van der Waals surface area contributed by atoms with E-state index in [0.29, 0.717) is 30.8 Å². The number of nitrogens with one attached hydrogen (secondary N) is 1. The highest BCUT2D eigenvalue weighted by Crippen LogP contribution is 2.03. The van der Waals surface area contributed by atoms with Gasteiger partial charge in [-0.05, 0) is 61.0 Å². The molecule has 1 aromatic rings. The van der Waals surface area contributed by atoms with E-state index in [2.05, 4.69) is 30.0 Å². The lowest BCUT2D eigenvalue weighted by molar-refractivity contribution is -0.145. The summed E-state index contributed by atoms with van der Waals surface area (Å²) in [5, 5.41) is 2.71. The zero-order valence-corrected chi connectivity index (χ0v) is 23.7. The molecule has 10 nitrogen and oxygen atoms in total. The first-order valence-electron chi connectivity index (χ1n) is 12.2. The van der Waals surface area contributed by atoms with E-state index < -0.39 is 0 Å². The lowest BCUT2D eigenvalue weighted by Gasteiger charge is -2.24. The summed E-state index contributed by atoms with van der Waals surface area (Å²) in [4.78, 5) is 43.2. The summed E-state index contributed by atoms with van der Waals surface area (Å²) in [6.45, 7) is 19.5. The molecule has 0 aromatic carbocycles. The maximum Gasteiger partial charge on any atom is 0.333 e. The molecule has 0 radical (unpaired) electrons. The Bertz CT molecular complexity index is 883. The molecule has 1 aliphatic rings. The Labute approximate surface area is 222 Å². The molecular weight excluding hydrogens is 472 g/mol. The van der Waals surface area contributed by atoms with Gasteiger partial charge in [-0.2, -0.15) is 0 Å². The van der Waals surface area contributed by atoms with Gasteiger partial charge in [0.05, 0.1) is 19.5 Å². The smallest absolute Gasteiger partial charge is 0.333 e. The summed E-state index contributed by atoms with van der Waals surface area (Å²) in [6, 6.07) is 0. The number of nitrogens with zero attached hydrogens (tertiary/aromatic N) is 5. The second-order valence-electron chi connectivity index (χ2n) is 9.66. The SMILES string of the molecule is C=C(C)C(=O)CCCN1CNC(=O)C1.C=C(C)C(=O)OC(CN(C)C)CN(C)C.C=C(C)n1ccnc1. The number of likely N-dealkylation sites (N-methyl/N-ethyl adjacent to an activating group) is 2. The number of ether oxygens (including phenoxy) is 1. The highest BCUT2D eigenvalue weighted by molar-refractivity contribution is 5.94. The first-order valence-corrected chi connectivity index (χ1v) is 12.2. The van der Waals surface area contributed by atoms with Crippen LogP contribution in [-0.2, 0) is 19.1 Å². The van der Waals surface area contributed by atoms with Crippen molar-refractivity contribution in [2.24, 2.45) is 0 Å². The van der Waals surface area contributed by atoms with E-state index in [1.165, 1.54) is 0 Å². The molecule has 37 heavy (non-hydrogen) atoms. The molecule has 0 atom stereocenters. The van der Waals surface area contributed by atoms with Crippen LogP contribution in [0.3, 0.4) is 0 Å². The third-order valence-corrected chi connectivity index (χ3v) is 4.93. The predicted molar refractivity (Wildman–Crippen MR) is 149 cm³/mol. The minimum atomic E-state index is -0.316. The lowest BCUT2D eigenvalue weighted by Crippen LogP contribution is -2.38. The average Bonchev–Trinajstić information content (AvgIpc) is 3.45. The van der Waals surface area contributed by atoms with Crippen molar-refractivity contribution in [3.8, 4) is 0 Å². The van der Waals surface area contributed by atoms with E-state index in [-0.39, 0.29) is 23.8 Å². The van der Waals surface area contributed by atoms with E-state index in [1.807, 2.05) is 60.6 Å². The lowest BCUT2D eigenvalue weighted by atomic mass is 10.1. The summed E-state index contributed by atoms with van der Waals surface area (Å²) in [5.74, 6) is -0.136. The number of allylic oxidation sites excluding steroid dienone is 2. The number of carbonyl (C=O) groups is 3. The fraction of sp³-hybridized carbons (Fsp3) is 0.556. The standard InChI is InChI=1S/C11H22N2O2.C10H16N2O2.C6H8N2/c1-9(2)11(14)15-10(7-12(3)4)8-13(5)6;1-8(2)9(13)4-3-5-12-6-10(14)11-7-12;1-6(2)8-4-3-7-5-8/h10H,1,7-8H2,2-6H3;1,3-7H2,2H3,(H,11,14);3-5H,1H2,2H3. The quantitative estimate of drug-likeness (QED) is 0.332. The van der Waals surface area contributed by atoms with Crippen LogP contribution in [-0.4, -0.2) is 109 Å². The third kappa shape index (κ3) is 17.1. The van der Waals surface area contributed by atoms with Crippen molar-refractivity contribution >= 4 is 23.4 Å². The molecule has 10 heteroatoms. The van der Waals surface area contributed by atoms with Crippen molar-refractivity contribution in [3.63, 3.8) is 0 Å². The van der Waals surface area contributed by atoms with Crippen LogP contribution in [0.15, 0.2) is 49.6 Å². The van der Waals surface area contributed by atoms with E-state index in [9.17, 15) is 14.4 Å². The first-order chi connectivity index (χ1) is 17.2. The van der Waals surface area contributed by atoms with Gasteiger partial charge in [0.25, 0.3) is 0 Å². The molecule has 0 bridgehead atoms. The van der Waals surface area contributed by atoms with Crippen LogP contribution in [0.5, 0.6) is 0 Å². The number of rotatable bonds is 12. The number of hydrogen-bond acceptors (Lipinski definition) is 8. The molecular formula is C27H46N6O4. The molecule has 1 saturated heterocycles. The molecule has 2 rings (SSSR count). The third-order valence-electron chi connectivity index (χ3n) is 4.93. The number of carbonyl (C=O) groups excluding carboxylic acids is 3. The van der Waals surface area contributed by atoms with Gasteiger partial charge in [-0.1, -0.05) is 19.7 Å². The number of hydrogen-bond donors (Lipinski definition) is 1. The second-order valence-corrected chi connectivity index (χ2v) is 9.66. The van der Waals surface area contributed by atoms with Gasteiger partial charge >= 0.3 is 5.97 Å². The first kappa shape index (κ1) is 33.9. The molecule has 1 aromatic heterocycles. The molecule has 0 spiro atoms. The van der Waals surface area contributed by atoms with E-state index in [0.717, 1.165) is 31.8 Å². The van der Waals surface area contributed by atoms with E-state index in [4.69, 9.17) is 4.74 Å². The molecule has 1 aliphatic heterocycles. The largest absolute Gasteiger partial charge is 0.456 e. The van der Waals surface area contributed by atoms with Crippen LogP contribution in [0.2, 0.25) is 0 Å². The number of Topliss-reactive ketones (excluding diaryl/α,β-unsaturated/α-hetero) is 1. The summed E-state index contributed by atoms with van der Waals surface area (Å²) in [7, 11) is 7.82. The zero-order valence-electron chi connectivity index (χ0n) is 23.7. The van der Waals surface area contributed by atoms with Crippen LogP contribution in [0.4, 0.5) is 0 Å². The van der Waals surface area contributed by atoms with Crippen LogP contribution in [0.1, 0.15) is 33.6 Å². The van der Waals surface area contributed by atoms with Gasteiger partial charge in [-0.15, -0.1) is 0 Å². The molecule has 0 aliphatic carbocycles. The summed E-state index contributed by atoms with van der Waals surface area (Å²) < 4.78 is 7.17. The van der Waals surface area contributed by atoms with Crippen LogP contribution >= 0.6 is 0 Å². The number of amides is 1. The van der Waals surface area contributed by atoms with Gasteiger partial charge in [0.1, 0.15) is 6.10 Å². The topological polar surface area (TPSA) is 100 Å². The van der Waals surface area contributed by atoms with Crippen LogP contribution < -0.4 is 5.32 Å². The van der Waals surface area contributed by atoms with E-state index >= 15 is 0 Å². The fourth-order valence-corrected chi connectivity index (χ4v) is 3.03. The Hall–Kier alpha value is -3.08. The second kappa shape index (κ2) is 18.2. The summed E-state index contributed by atoms with van der Waals surface area (Å²) in [6.07, 6.45) is 6.53. The van der Waals surface area contributed by atoms with Gasteiger partial charge in [-0.25, -0.2) is 9.78 Å². The van der Waals surface area contributed by atoms with Crippen molar-refractivity contribution in [3.05, 3.63) is 49.6 Å². The van der Waals surface area contributed by atoms with E-state index in [1.54, 1.807) is 26.4 Å². The van der Waals surface area contributed by atoms with Crippen LogP contribution in [0.25, 0.3) is 5.70 Å². The Morgan fingerprint density at radius 3 is 2.03 bits per heavy atom. The molecule has 0 saturated carbocycles. The Kier molecular flexibility index (Phi) is 16.7. The molecule has 2 heterocycles. The molecule has 1 amide bonds. The highest BCUT2D eigenvalue weighted by Gasteiger charge is 2.18. The van der Waals surface area contributed by atoms with Crippen molar-refractivity contribution in [1.29, 1.82) is 0 Å². The van der Waals surface area contributed by atoms with Gasteiger partial charge in [-0.3, -0.25) is 14.5 Å². The number of esters is 1. The van der Waals surface area contributed by atoms with Crippen molar-refractivity contribution in [2.45, 2.75) is 39.7 Å². The highest BCUT2D eigenvalue weighted by atomic mass is 16.5. The van der Waals surface area contributed by atoms with Crippen molar-refractivity contribution < 1.29 is 19.1 Å². The number of ketones is 1. The van der Waals surface area contributed by atoms with Gasteiger partial charge in [0.2, 0.25) is 5.91 Å². The van der Waals surface area contributed by atoms with Gasteiger partial charge in [0.15, 0.2) is 5.78 Å². The Morgan fingerprint density at radius 1 is 1.08 bits per heavy atom.